The van der Waals surface area contributed by atoms with Gasteiger partial charge in [0.2, 0.25) is 0 Å². The van der Waals surface area contributed by atoms with Crippen molar-refractivity contribution >= 4 is 97.0 Å². The van der Waals surface area contributed by atoms with Crippen LogP contribution in [0.15, 0.2) is 291 Å². The maximum Gasteiger partial charge on any atom is -0.0114 e. The molecule has 16 aromatic rings. The van der Waals surface area contributed by atoms with Gasteiger partial charge >= 0.3 is 83.7 Å². The molecular formula is C84H72Cl2Si2Zr2-2. The van der Waals surface area contributed by atoms with E-state index in [1.165, 1.54) is 153 Å². The van der Waals surface area contributed by atoms with Crippen LogP contribution in [-0.4, -0.2) is 10.9 Å². The zero-order valence-corrected chi connectivity index (χ0v) is 60.9. The summed E-state index contributed by atoms with van der Waals surface area (Å²) < 4.78 is 0. The van der Waals surface area contributed by atoms with E-state index in [1.54, 1.807) is 46.7 Å². The van der Waals surface area contributed by atoms with E-state index >= 15 is 0 Å². The van der Waals surface area contributed by atoms with Crippen molar-refractivity contribution in [2.45, 2.75) is 53.9 Å². The van der Waals surface area contributed by atoms with E-state index in [0.29, 0.717) is 0 Å². The molecule has 90 heavy (non-hydrogen) atoms. The van der Waals surface area contributed by atoms with Crippen molar-refractivity contribution in [1.82, 2.24) is 0 Å². The van der Waals surface area contributed by atoms with Crippen LogP contribution < -0.4 is 24.8 Å². The molecule has 0 amide bonds. The molecule has 0 saturated heterocycles. The summed E-state index contributed by atoms with van der Waals surface area (Å²) >= 11 is 3.48. The number of aryl methyl sites for hydroxylation is 4. The molecule has 0 N–H and O–H groups in total. The fourth-order valence-corrected chi connectivity index (χ4v) is 12.3. The number of fused-ring (bicyclic) bond motifs is 8. The Bertz CT molecular complexity index is 4490. The largest absolute Gasteiger partial charge is 1.00 e. The normalized spacial score (nSPS) is 10.6. The molecule has 0 aromatic heterocycles. The van der Waals surface area contributed by atoms with Gasteiger partial charge in [0, 0.05) is 0 Å². The third-order valence-corrected chi connectivity index (χ3v) is 15.9. The van der Waals surface area contributed by atoms with Crippen LogP contribution in [-0.2, 0) is 46.7 Å². The number of benzene rings is 12. The Balaban J connectivity index is 0.000000136. The molecule has 0 bridgehead atoms. The number of hydrogen-bond acceptors (Lipinski definition) is 0. The monoisotopic (exact) mass is 1390 g/mol. The first kappa shape index (κ1) is 67.3. The molecular weight excluding hydrogens is 1320 g/mol. The zero-order valence-electron chi connectivity index (χ0n) is 52.5. The quantitative estimate of drug-likeness (QED) is 0.122. The number of hydrogen-bond donors (Lipinski definition) is 0. The second-order valence-electron chi connectivity index (χ2n) is 23.5. The molecule has 0 nitrogen and oxygen atoms in total. The standard InChI is InChI=1S/4C20H15.2C2H6Si.2ClH.2Zr/c4*1-14-12-16-8-5-11-19(20(16)13-14)18-10-4-7-15-6-2-3-9-17(15)18;2*1-3-2;;;;/h4*2-13H,1H3;2*1-2H3;2*1H;;/q4*-1;;;;;2*+2/p-2. The number of halogens is 2. The van der Waals surface area contributed by atoms with Gasteiger partial charge in [-0.15, -0.1) is 138 Å². The van der Waals surface area contributed by atoms with Crippen molar-refractivity contribution in [3.05, 3.63) is 313 Å². The summed E-state index contributed by atoms with van der Waals surface area (Å²) in [5, 5.41) is 21.2. The van der Waals surface area contributed by atoms with E-state index in [9.17, 15) is 0 Å². The van der Waals surface area contributed by atoms with Gasteiger partial charge in [-0.3, -0.25) is 0 Å². The minimum atomic E-state index is 0. The van der Waals surface area contributed by atoms with Gasteiger partial charge in [-0.1, -0.05) is 244 Å². The molecule has 0 saturated carbocycles. The first-order valence-corrected chi connectivity index (χ1v) is 42.8. The van der Waals surface area contributed by atoms with Crippen LogP contribution in [0.25, 0.3) is 131 Å². The van der Waals surface area contributed by atoms with E-state index in [2.05, 4.69) is 345 Å². The van der Waals surface area contributed by atoms with Gasteiger partial charge in [0.25, 0.3) is 0 Å². The van der Waals surface area contributed by atoms with Gasteiger partial charge in [-0.2, -0.15) is 24.3 Å². The molecule has 0 heterocycles. The van der Waals surface area contributed by atoms with Crippen molar-refractivity contribution < 1.29 is 71.5 Å². The van der Waals surface area contributed by atoms with Crippen LogP contribution in [0, 0.1) is 27.7 Å². The summed E-state index contributed by atoms with van der Waals surface area (Å²) in [7, 11) is 0. The minimum Gasteiger partial charge on any atom is -1.00 e. The Morgan fingerprint density at radius 2 is 0.378 bits per heavy atom. The maximum atomic E-state index is 2.31. The van der Waals surface area contributed by atoms with E-state index < -0.39 is 0 Å². The van der Waals surface area contributed by atoms with Gasteiger partial charge in [-0.05, 0) is 65.3 Å². The second kappa shape index (κ2) is 31.3. The Morgan fingerprint density at radius 1 is 0.222 bits per heavy atom. The van der Waals surface area contributed by atoms with Gasteiger partial charge < -0.3 is 24.8 Å². The van der Waals surface area contributed by atoms with Crippen LogP contribution in [0.5, 0.6) is 0 Å². The molecule has 0 atom stereocenters. The van der Waals surface area contributed by atoms with Crippen molar-refractivity contribution in [3.63, 3.8) is 0 Å². The fraction of sp³-hybridized carbons (Fsp3) is 0.0952. The summed E-state index contributed by atoms with van der Waals surface area (Å²) in [5.41, 5.74) is 16.3. The molecule has 16 aromatic carbocycles. The van der Waals surface area contributed by atoms with Crippen molar-refractivity contribution in [2.24, 2.45) is 0 Å². The van der Waals surface area contributed by atoms with Crippen molar-refractivity contribution in [1.29, 1.82) is 0 Å². The van der Waals surface area contributed by atoms with Gasteiger partial charge in [0.05, 0.1) is 0 Å². The Morgan fingerprint density at radius 3 is 0.578 bits per heavy atom. The molecule has 0 radical (unpaired) electrons. The molecule has 0 fully saturated rings. The van der Waals surface area contributed by atoms with Crippen molar-refractivity contribution in [2.75, 3.05) is 0 Å². The predicted molar refractivity (Wildman–Crippen MR) is 384 cm³/mol. The van der Waals surface area contributed by atoms with Crippen LogP contribution in [0.1, 0.15) is 22.3 Å². The molecule has 0 aliphatic rings. The van der Waals surface area contributed by atoms with Crippen LogP contribution >= 0.6 is 0 Å². The second-order valence-corrected chi connectivity index (χ2v) is 42.2. The Labute approximate surface area is 574 Å². The van der Waals surface area contributed by atoms with Crippen LogP contribution in [0.3, 0.4) is 0 Å². The predicted octanol–water partition coefficient (Wildman–Crippen LogP) is 18.3. The molecule has 0 aliphatic heterocycles. The first-order chi connectivity index (χ1) is 42.8. The summed E-state index contributed by atoms with van der Waals surface area (Å²) in [5.74, 6) is 0. The molecule has 0 unspecified atom stereocenters. The number of rotatable bonds is 4. The molecule has 0 spiro atoms. The third kappa shape index (κ3) is 15.8. The van der Waals surface area contributed by atoms with Crippen LogP contribution in [0.4, 0.5) is 0 Å². The smallest absolute Gasteiger partial charge is 0.0114 e. The molecule has 440 valence electrons. The van der Waals surface area contributed by atoms with Crippen molar-refractivity contribution in [3.8, 4) is 44.5 Å². The topological polar surface area (TPSA) is 0 Å². The average Bonchev–Trinajstić information content (AvgIpc) is 1.52. The summed E-state index contributed by atoms with van der Waals surface area (Å²) in [6.07, 6.45) is 0. The summed E-state index contributed by atoms with van der Waals surface area (Å²) in [4.78, 5) is 0. The molecule has 6 heteroatoms. The van der Waals surface area contributed by atoms with E-state index in [1.807, 2.05) is 0 Å². The summed E-state index contributed by atoms with van der Waals surface area (Å²) in [6, 6.07) is 105. The zero-order chi connectivity index (χ0) is 61.3. The van der Waals surface area contributed by atoms with E-state index in [0.717, 1.165) is 0 Å². The van der Waals surface area contributed by atoms with Gasteiger partial charge in [0.15, 0.2) is 0 Å². The first-order valence-electron chi connectivity index (χ1n) is 30.4. The Hall–Kier alpha value is -7.10. The average molecular weight is 1390 g/mol. The molecule has 0 aliphatic carbocycles. The van der Waals surface area contributed by atoms with Gasteiger partial charge in [-0.25, -0.2) is 0 Å². The Kier molecular flexibility index (Phi) is 23.4. The SMILES string of the molecule is C[Si](C)=[Zr+2].C[Si](C)=[Zr+2].Cc1cc2c(-c3cccc4ccccc34)cccc2[cH-]1.Cc1cc2c(-c3cccc4ccccc34)cccc2[cH-]1.Cc1cc2c(-c3cccc4ccccc34)cccc2[cH-]1.Cc1cc2c(-c3cccc4ccccc34)cccc2[cH-]1.[Cl-].[Cl-]. The third-order valence-electron chi connectivity index (χ3n) is 15.9. The maximum absolute atomic E-state index is 2.31. The molecule has 16 rings (SSSR count). The van der Waals surface area contributed by atoms with E-state index in [4.69, 9.17) is 0 Å². The van der Waals surface area contributed by atoms with Crippen LogP contribution in [0.2, 0.25) is 26.2 Å². The summed E-state index contributed by atoms with van der Waals surface area (Å²) in [6.45, 7) is 17.9. The van der Waals surface area contributed by atoms with E-state index in [-0.39, 0.29) is 35.7 Å². The fourth-order valence-electron chi connectivity index (χ4n) is 12.3. The minimum absolute atomic E-state index is 0. The van der Waals surface area contributed by atoms with Gasteiger partial charge in [0.1, 0.15) is 0 Å².